The highest BCUT2D eigenvalue weighted by Crippen LogP contribution is 2.41. The minimum absolute atomic E-state index is 0.0619. The van der Waals surface area contributed by atoms with Crippen LogP contribution in [0.1, 0.15) is 38.5 Å². The van der Waals surface area contributed by atoms with Crippen molar-refractivity contribution in [3.8, 4) is 0 Å². The highest BCUT2D eigenvalue weighted by atomic mass is 16.5. The summed E-state index contributed by atoms with van der Waals surface area (Å²) in [6.45, 7) is 0. The lowest BCUT2D eigenvalue weighted by atomic mass is 9.66. The Morgan fingerprint density at radius 2 is 2.25 bits per heavy atom. The zero-order valence-corrected chi connectivity index (χ0v) is 9.70. The molecule has 0 amide bonds. The number of allylic oxidation sites excluding steroid dienone is 2. The van der Waals surface area contributed by atoms with Crippen molar-refractivity contribution in [2.45, 2.75) is 38.5 Å². The van der Waals surface area contributed by atoms with Gasteiger partial charge in [0.15, 0.2) is 5.78 Å². The van der Waals surface area contributed by atoms with Gasteiger partial charge < -0.3 is 4.74 Å². The van der Waals surface area contributed by atoms with Crippen LogP contribution in [0.5, 0.6) is 0 Å². The lowest BCUT2D eigenvalue weighted by molar-refractivity contribution is -0.160. The number of hydrogen-bond acceptors (Lipinski definition) is 3. The average molecular weight is 222 g/mol. The molecule has 2 bridgehead atoms. The van der Waals surface area contributed by atoms with E-state index in [1.807, 2.05) is 12.2 Å². The van der Waals surface area contributed by atoms with Crippen molar-refractivity contribution in [1.29, 1.82) is 0 Å². The second-order valence-electron chi connectivity index (χ2n) is 4.78. The van der Waals surface area contributed by atoms with E-state index in [2.05, 4.69) is 0 Å². The fourth-order valence-electron chi connectivity index (χ4n) is 2.88. The molecule has 0 saturated heterocycles. The van der Waals surface area contributed by atoms with Gasteiger partial charge in [-0.15, -0.1) is 0 Å². The van der Waals surface area contributed by atoms with Crippen molar-refractivity contribution in [1.82, 2.24) is 0 Å². The first-order valence-corrected chi connectivity index (χ1v) is 6.00. The van der Waals surface area contributed by atoms with Crippen molar-refractivity contribution in [2.24, 2.45) is 11.3 Å². The number of fused-ring (bicyclic) bond motifs is 2. The Morgan fingerprint density at radius 3 is 3.00 bits per heavy atom. The van der Waals surface area contributed by atoms with Gasteiger partial charge >= 0.3 is 5.97 Å². The zero-order valence-electron chi connectivity index (χ0n) is 9.70. The molecule has 0 aromatic heterocycles. The van der Waals surface area contributed by atoms with Crippen LogP contribution in [-0.2, 0) is 14.3 Å². The number of ether oxygens (including phenoxy) is 1. The number of methoxy groups -OCH3 is 1. The van der Waals surface area contributed by atoms with Gasteiger partial charge in [-0.25, -0.2) is 0 Å². The third-order valence-corrected chi connectivity index (χ3v) is 3.84. The van der Waals surface area contributed by atoms with Crippen molar-refractivity contribution >= 4 is 11.8 Å². The van der Waals surface area contributed by atoms with Gasteiger partial charge in [-0.2, -0.15) is 0 Å². The van der Waals surface area contributed by atoms with Gasteiger partial charge in [0.25, 0.3) is 0 Å². The summed E-state index contributed by atoms with van der Waals surface area (Å²) < 4.78 is 4.84. The predicted molar refractivity (Wildman–Crippen MR) is 59.8 cm³/mol. The van der Waals surface area contributed by atoms with E-state index in [0.29, 0.717) is 12.8 Å². The van der Waals surface area contributed by atoms with E-state index in [1.165, 1.54) is 7.11 Å². The number of Topliss-reactive ketones (excluding diaryl/α,β-unsaturated/α-hetero) is 1. The minimum atomic E-state index is -0.866. The lowest BCUT2D eigenvalue weighted by Gasteiger charge is -2.35. The predicted octanol–water partition coefficient (Wildman–Crippen LogP) is 2.26. The standard InChI is InChI=1S/C13H18O3/c1-16-12(15)13-8-4-2-3-6-10(11(13)14)7-5-9-13/h5,7,10H,2-4,6,8-9H2,1H3/t10-,13-/m1/s1. The van der Waals surface area contributed by atoms with Crippen LogP contribution >= 0.6 is 0 Å². The van der Waals surface area contributed by atoms with Crippen LogP contribution in [0.4, 0.5) is 0 Å². The molecule has 2 rings (SSSR count). The molecule has 3 nitrogen and oxygen atoms in total. The van der Waals surface area contributed by atoms with E-state index in [9.17, 15) is 9.59 Å². The molecular formula is C13H18O3. The second kappa shape index (κ2) is 4.40. The summed E-state index contributed by atoms with van der Waals surface area (Å²) >= 11 is 0. The summed E-state index contributed by atoms with van der Waals surface area (Å²) in [5, 5.41) is 0. The lowest BCUT2D eigenvalue weighted by Crippen LogP contribution is -2.45. The van der Waals surface area contributed by atoms with E-state index >= 15 is 0 Å². The van der Waals surface area contributed by atoms with Crippen LogP contribution in [0, 0.1) is 11.3 Å². The number of rotatable bonds is 1. The van der Waals surface area contributed by atoms with Gasteiger partial charge in [0.05, 0.1) is 7.11 Å². The molecule has 3 heteroatoms. The maximum absolute atomic E-state index is 12.4. The molecule has 88 valence electrons. The van der Waals surface area contributed by atoms with E-state index in [4.69, 9.17) is 4.74 Å². The third-order valence-electron chi connectivity index (χ3n) is 3.84. The van der Waals surface area contributed by atoms with E-state index in [-0.39, 0.29) is 17.7 Å². The zero-order chi connectivity index (χ0) is 11.6. The molecule has 0 aliphatic heterocycles. The van der Waals surface area contributed by atoms with Crippen LogP contribution < -0.4 is 0 Å². The summed E-state index contributed by atoms with van der Waals surface area (Å²) in [7, 11) is 1.37. The molecule has 2 aliphatic rings. The van der Waals surface area contributed by atoms with Gasteiger partial charge in [-0.1, -0.05) is 31.4 Å². The third kappa shape index (κ3) is 1.68. The number of carbonyl (C=O) groups excluding carboxylic acids is 2. The van der Waals surface area contributed by atoms with Gasteiger partial charge in [0.1, 0.15) is 5.41 Å². The fourth-order valence-corrected chi connectivity index (χ4v) is 2.88. The topological polar surface area (TPSA) is 43.4 Å². The highest BCUT2D eigenvalue weighted by Gasteiger charge is 2.49. The van der Waals surface area contributed by atoms with Crippen molar-refractivity contribution in [3.63, 3.8) is 0 Å². The molecule has 1 fully saturated rings. The molecule has 0 unspecified atom stereocenters. The molecule has 2 aliphatic carbocycles. The Balaban J connectivity index is 2.35. The molecule has 16 heavy (non-hydrogen) atoms. The van der Waals surface area contributed by atoms with Crippen LogP contribution in [0.2, 0.25) is 0 Å². The maximum atomic E-state index is 12.4. The number of carbonyl (C=O) groups is 2. The summed E-state index contributed by atoms with van der Waals surface area (Å²) in [6.07, 6.45) is 9.14. The second-order valence-corrected chi connectivity index (χ2v) is 4.78. The Hall–Kier alpha value is -1.12. The Morgan fingerprint density at radius 1 is 1.44 bits per heavy atom. The first-order valence-electron chi connectivity index (χ1n) is 6.00. The molecule has 0 N–H and O–H groups in total. The Kier molecular flexibility index (Phi) is 3.13. The summed E-state index contributed by atoms with van der Waals surface area (Å²) in [5.41, 5.74) is -0.866. The van der Waals surface area contributed by atoms with Gasteiger partial charge in [0.2, 0.25) is 0 Å². The molecule has 0 radical (unpaired) electrons. The molecule has 2 atom stereocenters. The quantitative estimate of drug-likeness (QED) is 0.388. The number of esters is 1. The highest BCUT2D eigenvalue weighted by molar-refractivity contribution is 6.06. The average Bonchev–Trinajstić information content (AvgIpc) is 2.31. The van der Waals surface area contributed by atoms with E-state index in [0.717, 1.165) is 25.7 Å². The van der Waals surface area contributed by atoms with Crippen LogP contribution in [-0.4, -0.2) is 18.9 Å². The van der Waals surface area contributed by atoms with Crippen LogP contribution in [0.3, 0.4) is 0 Å². The van der Waals surface area contributed by atoms with Crippen molar-refractivity contribution < 1.29 is 14.3 Å². The maximum Gasteiger partial charge on any atom is 0.319 e. The minimum Gasteiger partial charge on any atom is -0.468 e. The number of ketones is 1. The summed E-state index contributed by atoms with van der Waals surface area (Å²) in [6, 6.07) is 0. The van der Waals surface area contributed by atoms with Gasteiger partial charge in [-0.3, -0.25) is 9.59 Å². The van der Waals surface area contributed by atoms with E-state index < -0.39 is 5.41 Å². The Labute approximate surface area is 95.9 Å². The summed E-state index contributed by atoms with van der Waals surface area (Å²) in [5.74, 6) is -0.316. The first kappa shape index (κ1) is 11.4. The number of hydrogen-bond donors (Lipinski definition) is 0. The largest absolute Gasteiger partial charge is 0.468 e. The Bertz CT molecular complexity index is 332. The SMILES string of the molecule is COC(=O)[C@@]12CC=C[C@@H](CCCCC1)C2=O. The molecule has 1 saturated carbocycles. The van der Waals surface area contributed by atoms with Crippen LogP contribution in [0.15, 0.2) is 12.2 Å². The fraction of sp³-hybridized carbons (Fsp3) is 0.692. The first-order chi connectivity index (χ1) is 7.70. The molecule has 0 heterocycles. The normalized spacial score (nSPS) is 34.1. The smallest absolute Gasteiger partial charge is 0.319 e. The van der Waals surface area contributed by atoms with Crippen molar-refractivity contribution in [2.75, 3.05) is 7.11 Å². The van der Waals surface area contributed by atoms with Gasteiger partial charge in [0, 0.05) is 5.92 Å². The monoisotopic (exact) mass is 222 g/mol. The molecule has 0 aromatic carbocycles. The van der Waals surface area contributed by atoms with E-state index in [1.54, 1.807) is 0 Å². The molecular weight excluding hydrogens is 204 g/mol. The summed E-state index contributed by atoms with van der Waals surface area (Å²) in [4.78, 5) is 24.2. The van der Waals surface area contributed by atoms with Crippen LogP contribution in [0.25, 0.3) is 0 Å². The van der Waals surface area contributed by atoms with Crippen molar-refractivity contribution in [3.05, 3.63) is 12.2 Å². The molecule has 0 aromatic rings. The molecule has 0 spiro atoms. The van der Waals surface area contributed by atoms with Gasteiger partial charge in [-0.05, 0) is 19.3 Å².